The van der Waals surface area contributed by atoms with E-state index in [0.29, 0.717) is 11.6 Å². The van der Waals surface area contributed by atoms with Crippen molar-refractivity contribution in [2.24, 2.45) is 0 Å². The van der Waals surface area contributed by atoms with Crippen LogP contribution in [0.15, 0.2) is 54.6 Å². The maximum Gasteiger partial charge on any atom is 0.323 e. The molecule has 6 heteroatoms. The van der Waals surface area contributed by atoms with Crippen molar-refractivity contribution in [3.63, 3.8) is 0 Å². The molecule has 2 amide bonds. The number of rotatable bonds is 3. The van der Waals surface area contributed by atoms with E-state index in [0.717, 1.165) is 16.9 Å². The zero-order valence-corrected chi connectivity index (χ0v) is 15.0. The Morgan fingerprint density at radius 3 is 2.56 bits per heavy atom. The topological polar surface area (TPSA) is 47.3 Å². The minimum Gasteiger partial charge on any atom is -0.302 e. The first-order valence-corrected chi connectivity index (χ1v) is 9.51. The number of hydrogen-bond acceptors (Lipinski definition) is 3. The lowest BCUT2D eigenvalue weighted by atomic mass is 10.1. The molecule has 0 bridgehead atoms. The summed E-state index contributed by atoms with van der Waals surface area (Å²) in [5.41, 5.74) is 2.08. The SMILES string of the molecule is N#CC1[C@@H]2CSC(c3ccccc3)N2C(=O)N1Cc1ccc(Cl)cc1. The second kappa shape index (κ2) is 6.62. The van der Waals surface area contributed by atoms with Crippen LogP contribution in [0.25, 0.3) is 0 Å². The summed E-state index contributed by atoms with van der Waals surface area (Å²) >= 11 is 7.66. The number of carbonyl (C=O) groups is 1. The van der Waals surface area contributed by atoms with Crippen molar-refractivity contribution in [1.29, 1.82) is 5.26 Å². The lowest BCUT2D eigenvalue weighted by molar-refractivity contribution is 0.184. The summed E-state index contributed by atoms with van der Waals surface area (Å²) in [5, 5.41) is 10.3. The number of halogens is 1. The Hall–Kier alpha value is -2.16. The van der Waals surface area contributed by atoms with Crippen molar-refractivity contribution in [2.45, 2.75) is 24.0 Å². The molecule has 25 heavy (non-hydrogen) atoms. The van der Waals surface area contributed by atoms with Crippen molar-refractivity contribution < 1.29 is 4.79 Å². The zero-order valence-electron chi connectivity index (χ0n) is 13.4. The van der Waals surface area contributed by atoms with E-state index in [9.17, 15) is 10.1 Å². The molecular formula is C19H16ClN3OS. The van der Waals surface area contributed by atoms with Gasteiger partial charge in [0.15, 0.2) is 0 Å². The molecule has 2 aromatic carbocycles. The van der Waals surface area contributed by atoms with Gasteiger partial charge in [0.2, 0.25) is 0 Å². The third kappa shape index (κ3) is 2.86. The standard InChI is InChI=1S/C19H16ClN3OS/c20-15-8-6-13(7-9-15)11-22-16(10-21)17-12-25-18(23(17)19(22)24)14-4-2-1-3-5-14/h1-9,16-18H,11-12H2/t16?,17-,18?/m0/s1. The van der Waals surface area contributed by atoms with Gasteiger partial charge in [-0.1, -0.05) is 54.1 Å². The van der Waals surface area contributed by atoms with Crippen molar-refractivity contribution in [3.05, 3.63) is 70.7 Å². The first-order valence-electron chi connectivity index (χ1n) is 8.08. The quantitative estimate of drug-likeness (QED) is 0.811. The van der Waals surface area contributed by atoms with Crippen LogP contribution in [0, 0.1) is 11.3 Å². The van der Waals surface area contributed by atoms with Crippen LogP contribution in [0.3, 0.4) is 0 Å². The zero-order chi connectivity index (χ0) is 17.4. The number of benzene rings is 2. The molecule has 2 aliphatic rings. The molecule has 4 rings (SSSR count). The summed E-state index contributed by atoms with van der Waals surface area (Å²) in [6.07, 6.45) is 0. The van der Waals surface area contributed by atoms with Crippen molar-refractivity contribution in [3.8, 4) is 6.07 Å². The molecule has 3 atom stereocenters. The smallest absolute Gasteiger partial charge is 0.302 e. The summed E-state index contributed by atoms with van der Waals surface area (Å²) in [6.45, 7) is 0.424. The molecular weight excluding hydrogens is 354 g/mol. The number of amides is 2. The molecule has 0 spiro atoms. The molecule has 0 aliphatic carbocycles. The summed E-state index contributed by atoms with van der Waals surface area (Å²) in [5.74, 6) is 0.778. The van der Waals surface area contributed by atoms with Gasteiger partial charge in [0.05, 0.1) is 12.1 Å². The van der Waals surface area contributed by atoms with Gasteiger partial charge in [-0.15, -0.1) is 11.8 Å². The fraction of sp³-hybridized carbons (Fsp3) is 0.263. The minimum atomic E-state index is -0.426. The molecule has 2 fully saturated rings. The summed E-state index contributed by atoms with van der Waals surface area (Å²) in [4.78, 5) is 16.6. The van der Waals surface area contributed by atoms with Crippen LogP contribution in [-0.4, -0.2) is 33.7 Å². The summed E-state index contributed by atoms with van der Waals surface area (Å²) in [6, 6.07) is 19.2. The summed E-state index contributed by atoms with van der Waals surface area (Å²) < 4.78 is 0. The highest BCUT2D eigenvalue weighted by atomic mass is 35.5. The van der Waals surface area contributed by atoms with Crippen molar-refractivity contribution in [2.75, 3.05) is 5.75 Å². The van der Waals surface area contributed by atoms with Crippen molar-refractivity contribution in [1.82, 2.24) is 9.80 Å². The lowest BCUT2D eigenvalue weighted by Crippen LogP contribution is -2.35. The van der Waals surface area contributed by atoms with Gasteiger partial charge in [-0.2, -0.15) is 5.26 Å². The minimum absolute atomic E-state index is 0.0234. The van der Waals surface area contributed by atoms with Gasteiger partial charge in [-0.25, -0.2) is 4.79 Å². The molecule has 126 valence electrons. The van der Waals surface area contributed by atoms with Crippen LogP contribution in [0.1, 0.15) is 16.5 Å². The van der Waals surface area contributed by atoms with Crippen LogP contribution in [0.2, 0.25) is 5.02 Å². The van der Waals surface area contributed by atoms with Gasteiger partial charge < -0.3 is 9.80 Å². The van der Waals surface area contributed by atoms with E-state index in [4.69, 9.17) is 11.6 Å². The van der Waals surface area contributed by atoms with Crippen LogP contribution in [0.5, 0.6) is 0 Å². The van der Waals surface area contributed by atoms with Gasteiger partial charge in [-0.3, -0.25) is 0 Å². The highest BCUT2D eigenvalue weighted by Gasteiger charge is 2.52. The number of nitriles is 1. The molecule has 2 unspecified atom stereocenters. The maximum absolute atomic E-state index is 13.1. The molecule has 2 aromatic rings. The van der Waals surface area contributed by atoms with E-state index >= 15 is 0 Å². The molecule has 2 heterocycles. The van der Waals surface area contributed by atoms with Gasteiger partial charge in [0, 0.05) is 17.3 Å². The second-order valence-electron chi connectivity index (χ2n) is 6.18. The number of fused-ring (bicyclic) bond motifs is 1. The Balaban J connectivity index is 1.61. The third-order valence-electron chi connectivity index (χ3n) is 4.68. The molecule has 2 aliphatic heterocycles. The average Bonchev–Trinajstić information content (AvgIpc) is 3.18. The fourth-order valence-electron chi connectivity index (χ4n) is 3.47. The molecule has 0 saturated carbocycles. The highest BCUT2D eigenvalue weighted by molar-refractivity contribution is 7.99. The molecule has 2 saturated heterocycles. The van der Waals surface area contributed by atoms with Gasteiger partial charge in [0.1, 0.15) is 11.4 Å². The molecule has 4 nitrogen and oxygen atoms in total. The Kier molecular flexibility index (Phi) is 4.32. The van der Waals surface area contributed by atoms with Crippen molar-refractivity contribution >= 4 is 29.4 Å². The highest BCUT2D eigenvalue weighted by Crippen LogP contribution is 2.46. The predicted molar refractivity (Wildman–Crippen MR) is 99.1 cm³/mol. The number of nitrogens with zero attached hydrogens (tertiary/aromatic N) is 3. The van der Waals surface area contributed by atoms with Crippen LogP contribution >= 0.6 is 23.4 Å². The number of thioether (sulfide) groups is 1. The average molecular weight is 370 g/mol. The van der Waals surface area contributed by atoms with Crippen LogP contribution in [0.4, 0.5) is 4.79 Å². The largest absolute Gasteiger partial charge is 0.323 e. The monoisotopic (exact) mass is 369 g/mol. The number of hydrogen-bond donors (Lipinski definition) is 0. The molecule has 0 N–H and O–H groups in total. The van der Waals surface area contributed by atoms with E-state index in [1.54, 1.807) is 16.7 Å². The Morgan fingerprint density at radius 1 is 1.16 bits per heavy atom. The van der Waals surface area contributed by atoms with Gasteiger partial charge in [0.25, 0.3) is 0 Å². The van der Waals surface area contributed by atoms with Crippen LogP contribution in [-0.2, 0) is 6.54 Å². The maximum atomic E-state index is 13.1. The van der Waals surface area contributed by atoms with Crippen LogP contribution < -0.4 is 0 Å². The Bertz CT molecular complexity index is 821. The van der Waals surface area contributed by atoms with E-state index < -0.39 is 6.04 Å². The third-order valence-corrected chi connectivity index (χ3v) is 6.29. The Morgan fingerprint density at radius 2 is 1.88 bits per heavy atom. The normalized spacial score (nSPS) is 25.1. The van der Waals surface area contributed by atoms with E-state index in [1.165, 1.54) is 0 Å². The van der Waals surface area contributed by atoms with Gasteiger partial charge >= 0.3 is 6.03 Å². The number of urea groups is 1. The lowest BCUT2D eigenvalue weighted by Gasteiger charge is -2.24. The second-order valence-corrected chi connectivity index (χ2v) is 7.73. The van der Waals surface area contributed by atoms with E-state index in [1.807, 2.05) is 59.5 Å². The van der Waals surface area contributed by atoms with Gasteiger partial charge in [-0.05, 0) is 23.3 Å². The molecule has 0 radical (unpaired) electrons. The first-order chi connectivity index (χ1) is 12.2. The van der Waals surface area contributed by atoms with E-state index in [-0.39, 0.29) is 17.4 Å². The summed E-state index contributed by atoms with van der Waals surface area (Å²) in [7, 11) is 0. The fourth-order valence-corrected chi connectivity index (χ4v) is 5.07. The van der Waals surface area contributed by atoms with E-state index in [2.05, 4.69) is 6.07 Å². The molecule has 0 aromatic heterocycles. The number of carbonyl (C=O) groups excluding carboxylic acids is 1. The predicted octanol–water partition coefficient (Wildman–Crippen LogP) is 4.28. The first kappa shape index (κ1) is 16.3. The Labute approximate surface area is 156 Å².